The fourth-order valence-electron chi connectivity index (χ4n) is 3.72. The second-order valence-electron chi connectivity index (χ2n) is 9.92. The van der Waals surface area contributed by atoms with Gasteiger partial charge in [0.2, 0.25) is 5.78 Å². The van der Waals surface area contributed by atoms with Gasteiger partial charge in [0.15, 0.2) is 0 Å². The van der Waals surface area contributed by atoms with E-state index in [1.807, 2.05) is 0 Å². The third-order valence-electron chi connectivity index (χ3n) is 6.16. The Morgan fingerprint density at radius 1 is 0.419 bits per heavy atom. The first kappa shape index (κ1) is 41.3. The molecule has 0 aromatic carbocycles. The highest BCUT2D eigenvalue weighted by atomic mass is 16.6. The summed E-state index contributed by atoms with van der Waals surface area (Å²) in [5, 5.41) is 8.44. The lowest BCUT2D eigenvalue weighted by Gasteiger charge is -2.09. The molecule has 0 bridgehead atoms. The van der Waals surface area contributed by atoms with Crippen LogP contribution in [0.15, 0.2) is 0 Å². The lowest BCUT2D eigenvalue weighted by molar-refractivity contribution is -0.151. The molecule has 254 valence electrons. The number of aliphatic carboxylic acids is 1. The first-order valence-corrected chi connectivity index (χ1v) is 16.0. The molecule has 0 aromatic rings. The van der Waals surface area contributed by atoms with E-state index in [9.17, 15) is 14.4 Å². The van der Waals surface area contributed by atoms with E-state index in [0.29, 0.717) is 79.3 Å². The van der Waals surface area contributed by atoms with Crippen molar-refractivity contribution in [2.24, 2.45) is 0 Å². The number of unbranched alkanes of at least 4 members (excludes halogenated alkanes) is 9. The van der Waals surface area contributed by atoms with Gasteiger partial charge in [-0.1, -0.05) is 64.7 Å². The molecule has 0 rings (SSSR count). The monoisotopic (exact) mass is 622 g/mol. The lowest BCUT2D eigenvalue weighted by atomic mass is 10.1. The molecule has 0 atom stereocenters. The van der Waals surface area contributed by atoms with Gasteiger partial charge < -0.3 is 43.0 Å². The van der Waals surface area contributed by atoms with Gasteiger partial charge in [0.25, 0.3) is 0 Å². The SMILES string of the molecule is CCCCCCCCCCCCOCCOCCOCCOCCOCCOCCOCCOC(=O)CCC(=O)C(=O)O. The molecule has 0 spiro atoms. The number of carboxylic acids is 1. The normalized spacial score (nSPS) is 11.2. The Labute approximate surface area is 258 Å². The van der Waals surface area contributed by atoms with Crippen LogP contribution < -0.4 is 0 Å². The van der Waals surface area contributed by atoms with E-state index in [1.165, 1.54) is 57.8 Å². The summed E-state index contributed by atoms with van der Waals surface area (Å²) in [5.74, 6) is -3.21. The topological polar surface area (TPSA) is 145 Å². The van der Waals surface area contributed by atoms with Gasteiger partial charge in [0.05, 0.1) is 92.3 Å². The number of esters is 1. The Balaban J connectivity index is 3.12. The number of carbonyl (C=O) groups is 3. The Morgan fingerprint density at radius 2 is 0.744 bits per heavy atom. The van der Waals surface area contributed by atoms with Crippen LogP contribution in [0, 0.1) is 0 Å². The number of hydrogen-bond donors (Lipinski definition) is 1. The van der Waals surface area contributed by atoms with E-state index in [0.717, 1.165) is 13.0 Å². The van der Waals surface area contributed by atoms with Gasteiger partial charge in [-0.25, -0.2) is 4.79 Å². The van der Waals surface area contributed by atoms with Crippen LogP contribution in [0.2, 0.25) is 0 Å². The fraction of sp³-hybridized carbons (Fsp3) is 0.903. The molecule has 0 aliphatic carbocycles. The Kier molecular flexibility index (Phi) is 33.5. The molecule has 0 amide bonds. The first-order chi connectivity index (χ1) is 21.1. The van der Waals surface area contributed by atoms with E-state index in [2.05, 4.69) is 6.92 Å². The van der Waals surface area contributed by atoms with Gasteiger partial charge in [-0.15, -0.1) is 0 Å². The second-order valence-corrected chi connectivity index (χ2v) is 9.92. The summed E-state index contributed by atoms with van der Waals surface area (Å²) in [7, 11) is 0. The zero-order chi connectivity index (χ0) is 31.5. The van der Waals surface area contributed by atoms with Crippen LogP contribution in [0.4, 0.5) is 0 Å². The largest absolute Gasteiger partial charge is 0.476 e. The molecular formula is C31H58O12. The molecule has 0 aliphatic heterocycles. The van der Waals surface area contributed by atoms with Crippen LogP contribution in [0.3, 0.4) is 0 Å². The number of carboxylic acid groups (broad SMARTS) is 1. The van der Waals surface area contributed by atoms with Crippen molar-refractivity contribution in [1.82, 2.24) is 0 Å². The quantitative estimate of drug-likeness (QED) is 0.0612. The van der Waals surface area contributed by atoms with Gasteiger partial charge in [0.1, 0.15) is 6.61 Å². The van der Waals surface area contributed by atoms with Crippen molar-refractivity contribution in [3.63, 3.8) is 0 Å². The summed E-state index contributed by atoms with van der Waals surface area (Å²) in [6.45, 7) is 9.07. The Hall–Kier alpha value is -1.67. The predicted octanol–water partition coefficient (Wildman–Crippen LogP) is 4.00. The second kappa shape index (κ2) is 34.8. The highest BCUT2D eigenvalue weighted by Gasteiger charge is 2.14. The molecule has 0 radical (unpaired) electrons. The number of ketones is 1. The molecule has 0 saturated heterocycles. The third kappa shape index (κ3) is 34.7. The molecule has 1 N–H and O–H groups in total. The molecule has 0 heterocycles. The van der Waals surface area contributed by atoms with Crippen LogP contribution in [0.5, 0.6) is 0 Å². The summed E-state index contributed by atoms with van der Waals surface area (Å²) in [6, 6.07) is 0. The molecule has 0 unspecified atom stereocenters. The minimum atomic E-state index is -1.56. The molecule has 0 saturated carbocycles. The molecule has 0 fully saturated rings. The van der Waals surface area contributed by atoms with Crippen molar-refractivity contribution in [1.29, 1.82) is 0 Å². The van der Waals surface area contributed by atoms with Crippen LogP contribution >= 0.6 is 0 Å². The maximum atomic E-state index is 11.4. The van der Waals surface area contributed by atoms with Crippen molar-refractivity contribution < 1.29 is 57.4 Å². The number of ether oxygens (including phenoxy) is 8. The number of rotatable bonds is 36. The Bertz CT molecular complexity index is 632. The van der Waals surface area contributed by atoms with Crippen molar-refractivity contribution in [2.45, 2.75) is 84.0 Å². The van der Waals surface area contributed by atoms with Crippen LogP contribution in [0.25, 0.3) is 0 Å². The summed E-state index contributed by atoms with van der Waals surface area (Å²) in [5.41, 5.74) is 0. The van der Waals surface area contributed by atoms with E-state index in [1.54, 1.807) is 0 Å². The van der Waals surface area contributed by atoms with Gasteiger partial charge in [-0.05, 0) is 6.42 Å². The minimum absolute atomic E-state index is 0.0248. The maximum absolute atomic E-state index is 11.4. The number of Topliss-reactive ketones (excluding diaryl/α,β-unsaturated/α-hetero) is 1. The van der Waals surface area contributed by atoms with Crippen LogP contribution in [-0.4, -0.2) is 122 Å². The average molecular weight is 623 g/mol. The maximum Gasteiger partial charge on any atom is 0.372 e. The van der Waals surface area contributed by atoms with E-state index < -0.39 is 17.7 Å². The zero-order valence-electron chi connectivity index (χ0n) is 26.5. The van der Waals surface area contributed by atoms with Gasteiger partial charge >= 0.3 is 11.9 Å². The summed E-state index contributed by atoms with van der Waals surface area (Å²) in [4.78, 5) is 32.6. The summed E-state index contributed by atoms with van der Waals surface area (Å²) < 4.78 is 43.0. The standard InChI is InChI=1S/C31H58O12/c1-2-3-4-5-6-7-8-9-10-11-14-36-15-16-37-17-18-38-19-20-39-21-22-40-23-24-41-25-26-42-27-28-43-30(33)13-12-29(32)31(34)35/h2-28H2,1H3,(H,34,35). The highest BCUT2D eigenvalue weighted by molar-refractivity contribution is 6.32. The molecule has 12 heteroatoms. The summed E-state index contributed by atoms with van der Waals surface area (Å²) in [6.07, 6.45) is 12.7. The molecule has 0 aliphatic rings. The van der Waals surface area contributed by atoms with Crippen molar-refractivity contribution in [3.05, 3.63) is 0 Å². The molecule has 0 aromatic heterocycles. The molecule has 43 heavy (non-hydrogen) atoms. The lowest BCUT2D eigenvalue weighted by Crippen LogP contribution is -2.17. The zero-order valence-corrected chi connectivity index (χ0v) is 26.5. The van der Waals surface area contributed by atoms with Gasteiger partial charge in [0, 0.05) is 13.0 Å². The van der Waals surface area contributed by atoms with E-state index >= 15 is 0 Å². The van der Waals surface area contributed by atoms with E-state index in [-0.39, 0.29) is 26.1 Å². The summed E-state index contributed by atoms with van der Waals surface area (Å²) >= 11 is 0. The van der Waals surface area contributed by atoms with Gasteiger partial charge in [-0.3, -0.25) is 9.59 Å². The smallest absolute Gasteiger partial charge is 0.372 e. The van der Waals surface area contributed by atoms with Crippen LogP contribution in [0.1, 0.15) is 84.0 Å². The van der Waals surface area contributed by atoms with Crippen molar-refractivity contribution in [3.8, 4) is 0 Å². The number of hydrogen-bond acceptors (Lipinski definition) is 11. The highest BCUT2D eigenvalue weighted by Crippen LogP contribution is 2.10. The average Bonchev–Trinajstić information content (AvgIpc) is 3.00. The predicted molar refractivity (Wildman–Crippen MR) is 160 cm³/mol. The van der Waals surface area contributed by atoms with Gasteiger partial charge in [-0.2, -0.15) is 0 Å². The van der Waals surface area contributed by atoms with Crippen LogP contribution in [-0.2, 0) is 52.3 Å². The molecular weight excluding hydrogens is 564 g/mol. The molecule has 12 nitrogen and oxygen atoms in total. The van der Waals surface area contributed by atoms with E-state index in [4.69, 9.17) is 43.0 Å². The minimum Gasteiger partial charge on any atom is -0.476 e. The van der Waals surface area contributed by atoms with Crippen molar-refractivity contribution >= 4 is 17.7 Å². The van der Waals surface area contributed by atoms with Crippen molar-refractivity contribution in [2.75, 3.05) is 99.1 Å². The number of carbonyl (C=O) groups excluding carboxylic acids is 2. The Morgan fingerprint density at radius 3 is 1.12 bits per heavy atom. The fourth-order valence-corrected chi connectivity index (χ4v) is 3.72. The third-order valence-corrected chi connectivity index (χ3v) is 6.16. The first-order valence-electron chi connectivity index (χ1n) is 16.0.